The van der Waals surface area contributed by atoms with Crippen LogP contribution in [0.2, 0.25) is 0 Å². The smallest absolute Gasteiger partial charge is 0.323 e. The molecule has 1 unspecified atom stereocenters. The lowest BCUT2D eigenvalue weighted by atomic mass is 10.1. The lowest BCUT2D eigenvalue weighted by Gasteiger charge is -2.26. The lowest BCUT2D eigenvalue weighted by Crippen LogP contribution is -2.44. The summed E-state index contributed by atoms with van der Waals surface area (Å²) in [5.41, 5.74) is 0.714. The molecule has 1 atom stereocenters. The second-order valence-corrected chi connectivity index (χ2v) is 7.23. The molecule has 1 amide bonds. The summed E-state index contributed by atoms with van der Waals surface area (Å²) in [7, 11) is -3.18. The minimum Gasteiger partial charge on any atom is -0.480 e. The van der Waals surface area contributed by atoms with Crippen molar-refractivity contribution in [2.24, 2.45) is 0 Å². The van der Waals surface area contributed by atoms with E-state index in [-0.39, 0.29) is 30.3 Å². The van der Waals surface area contributed by atoms with Crippen molar-refractivity contribution in [3.8, 4) is 0 Å². The van der Waals surface area contributed by atoms with Crippen molar-refractivity contribution in [1.29, 1.82) is 0 Å². The Morgan fingerprint density at radius 3 is 2.52 bits per heavy atom. The van der Waals surface area contributed by atoms with Gasteiger partial charge in [0.1, 0.15) is 6.54 Å². The molecule has 0 aromatic carbocycles. The standard InChI is InChI=1S/C13H16N2O5S/c16-12(7-10-1-4-14-5-2-10)15(8-13(17)18)11-3-6-21(19,20)9-11/h1-2,4-5,11H,3,6-9H2,(H,17,18). The van der Waals surface area contributed by atoms with Crippen LogP contribution in [-0.2, 0) is 25.8 Å². The number of carbonyl (C=O) groups is 2. The Bertz CT molecular complexity index is 629. The zero-order valence-corrected chi connectivity index (χ0v) is 12.1. The Balaban J connectivity index is 2.12. The monoisotopic (exact) mass is 312 g/mol. The zero-order valence-electron chi connectivity index (χ0n) is 11.3. The first-order chi connectivity index (χ1) is 9.87. The topological polar surface area (TPSA) is 105 Å². The molecule has 1 aliphatic heterocycles. The van der Waals surface area contributed by atoms with Gasteiger partial charge < -0.3 is 10.0 Å². The summed E-state index contributed by atoms with van der Waals surface area (Å²) in [4.78, 5) is 28.2. The van der Waals surface area contributed by atoms with Gasteiger partial charge >= 0.3 is 5.97 Å². The van der Waals surface area contributed by atoms with Gasteiger partial charge in [0.05, 0.1) is 17.9 Å². The summed E-state index contributed by atoms with van der Waals surface area (Å²) < 4.78 is 23.0. The minimum absolute atomic E-state index is 0.00365. The molecule has 2 heterocycles. The first-order valence-corrected chi connectivity index (χ1v) is 8.30. The van der Waals surface area contributed by atoms with Gasteiger partial charge in [-0.25, -0.2) is 8.42 Å². The first kappa shape index (κ1) is 15.4. The van der Waals surface area contributed by atoms with Crippen LogP contribution in [0, 0.1) is 0 Å². The molecule has 0 spiro atoms. The molecule has 1 N–H and O–H groups in total. The third-order valence-electron chi connectivity index (χ3n) is 3.38. The van der Waals surface area contributed by atoms with E-state index in [4.69, 9.17) is 5.11 Å². The number of sulfone groups is 1. The highest BCUT2D eigenvalue weighted by Gasteiger charge is 2.35. The molecule has 0 saturated carbocycles. The molecule has 1 aromatic heterocycles. The van der Waals surface area contributed by atoms with Crippen molar-refractivity contribution < 1.29 is 23.1 Å². The Labute approximate surface area is 122 Å². The van der Waals surface area contributed by atoms with Crippen molar-refractivity contribution in [3.63, 3.8) is 0 Å². The van der Waals surface area contributed by atoms with E-state index in [1.54, 1.807) is 24.5 Å². The van der Waals surface area contributed by atoms with E-state index in [2.05, 4.69) is 4.98 Å². The minimum atomic E-state index is -3.18. The number of rotatable bonds is 5. The van der Waals surface area contributed by atoms with Crippen molar-refractivity contribution in [2.75, 3.05) is 18.1 Å². The maximum Gasteiger partial charge on any atom is 0.323 e. The van der Waals surface area contributed by atoms with Gasteiger partial charge in [0.15, 0.2) is 9.84 Å². The van der Waals surface area contributed by atoms with Crippen LogP contribution in [0.15, 0.2) is 24.5 Å². The average Bonchev–Trinajstić information content (AvgIpc) is 2.77. The van der Waals surface area contributed by atoms with Crippen LogP contribution >= 0.6 is 0 Å². The van der Waals surface area contributed by atoms with Crippen LogP contribution in [0.25, 0.3) is 0 Å². The molecule has 1 saturated heterocycles. The molecule has 8 heteroatoms. The van der Waals surface area contributed by atoms with E-state index in [1.807, 2.05) is 0 Å². The van der Waals surface area contributed by atoms with Gasteiger partial charge in [-0.1, -0.05) is 0 Å². The molecule has 2 rings (SSSR count). The van der Waals surface area contributed by atoms with Crippen LogP contribution in [-0.4, -0.2) is 59.4 Å². The van der Waals surface area contributed by atoms with Crippen LogP contribution in [0.4, 0.5) is 0 Å². The molecule has 1 aromatic rings. The largest absolute Gasteiger partial charge is 0.480 e. The molecule has 0 aliphatic carbocycles. The van der Waals surface area contributed by atoms with E-state index in [0.29, 0.717) is 5.56 Å². The molecule has 21 heavy (non-hydrogen) atoms. The second kappa shape index (κ2) is 6.21. The zero-order chi connectivity index (χ0) is 15.5. The Kier molecular flexibility index (Phi) is 4.56. The van der Waals surface area contributed by atoms with E-state index in [0.717, 1.165) is 4.90 Å². The number of hydrogen-bond donors (Lipinski definition) is 1. The van der Waals surface area contributed by atoms with Gasteiger partial charge in [-0.3, -0.25) is 14.6 Å². The normalized spacial score (nSPS) is 20.1. The molecular weight excluding hydrogens is 296 g/mol. The third kappa shape index (κ3) is 4.25. The fourth-order valence-electron chi connectivity index (χ4n) is 2.36. The Hall–Kier alpha value is -1.96. The summed E-state index contributed by atoms with van der Waals surface area (Å²) >= 11 is 0. The maximum atomic E-state index is 12.3. The molecule has 114 valence electrons. The Morgan fingerprint density at radius 1 is 1.33 bits per heavy atom. The van der Waals surface area contributed by atoms with E-state index in [1.165, 1.54) is 0 Å². The van der Waals surface area contributed by atoms with Gasteiger partial charge in [0.25, 0.3) is 0 Å². The first-order valence-electron chi connectivity index (χ1n) is 6.48. The number of carboxylic acids is 1. The maximum absolute atomic E-state index is 12.3. The van der Waals surface area contributed by atoms with Crippen LogP contribution < -0.4 is 0 Å². The molecular formula is C13H16N2O5S. The quantitative estimate of drug-likeness (QED) is 0.802. The molecule has 7 nitrogen and oxygen atoms in total. The number of hydrogen-bond acceptors (Lipinski definition) is 5. The van der Waals surface area contributed by atoms with E-state index < -0.39 is 28.4 Å². The number of aromatic nitrogens is 1. The summed E-state index contributed by atoms with van der Waals surface area (Å²) in [5, 5.41) is 8.94. The summed E-state index contributed by atoms with van der Waals surface area (Å²) in [6, 6.07) is 2.78. The van der Waals surface area contributed by atoms with Gasteiger partial charge in [-0.05, 0) is 24.1 Å². The van der Waals surface area contributed by atoms with Gasteiger partial charge in [0.2, 0.25) is 5.91 Å². The highest BCUT2D eigenvalue weighted by atomic mass is 32.2. The van der Waals surface area contributed by atoms with Crippen LogP contribution in [0.1, 0.15) is 12.0 Å². The SMILES string of the molecule is O=C(O)CN(C(=O)Cc1ccncc1)C1CCS(=O)(=O)C1. The van der Waals surface area contributed by atoms with Crippen molar-refractivity contribution in [2.45, 2.75) is 18.9 Å². The number of aliphatic carboxylic acids is 1. The van der Waals surface area contributed by atoms with Gasteiger partial charge in [0, 0.05) is 18.4 Å². The van der Waals surface area contributed by atoms with Crippen molar-refractivity contribution >= 4 is 21.7 Å². The fourth-order valence-corrected chi connectivity index (χ4v) is 4.10. The number of nitrogens with zero attached hydrogens (tertiary/aromatic N) is 2. The van der Waals surface area contributed by atoms with Gasteiger partial charge in [-0.15, -0.1) is 0 Å². The molecule has 1 fully saturated rings. The summed E-state index contributed by atoms with van der Waals surface area (Å²) in [6.45, 7) is -0.482. The van der Waals surface area contributed by atoms with Crippen LogP contribution in [0.3, 0.4) is 0 Å². The summed E-state index contributed by atoms with van der Waals surface area (Å²) in [6.07, 6.45) is 3.42. The number of carbonyl (C=O) groups excluding carboxylic acids is 1. The molecule has 0 radical (unpaired) electrons. The fraction of sp³-hybridized carbons (Fsp3) is 0.462. The highest BCUT2D eigenvalue weighted by molar-refractivity contribution is 7.91. The predicted molar refractivity (Wildman–Crippen MR) is 74.3 cm³/mol. The lowest BCUT2D eigenvalue weighted by molar-refractivity contribution is -0.145. The highest BCUT2D eigenvalue weighted by Crippen LogP contribution is 2.18. The van der Waals surface area contributed by atoms with Crippen molar-refractivity contribution in [3.05, 3.63) is 30.1 Å². The van der Waals surface area contributed by atoms with Crippen molar-refractivity contribution in [1.82, 2.24) is 9.88 Å². The van der Waals surface area contributed by atoms with E-state index in [9.17, 15) is 18.0 Å². The molecule has 0 bridgehead atoms. The summed E-state index contributed by atoms with van der Waals surface area (Å²) in [5.74, 6) is -1.70. The number of carboxylic acid groups (broad SMARTS) is 1. The van der Waals surface area contributed by atoms with Gasteiger partial charge in [-0.2, -0.15) is 0 Å². The number of amides is 1. The number of pyridine rings is 1. The van der Waals surface area contributed by atoms with E-state index >= 15 is 0 Å². The second-order valence-electron chi connectivity index (χ2n) is 5.00. The molecule has 1 aliphatic rings. The predicted octanol–water partition coefficient (Wildman–Crippen LogP) is -0.276. The average molecular weight is 312 g/mol. The third-order valence-corrected chi connectivity index (χ3v) is 5.13. The van der Waals surface area contributed by atoms with Crippen LogP contribution in [0.5, 0.6) is 0 Å². The Morgan fingerprint density at radius 2 is 2.00 bits per heavy atom.